The van der Waals surface area contributed by atoms with Crippen LogP contribution >= 0.6 is 0 Å². The van der Waals surface area contributed by atoms with Crippen molar-refractivity contribution in [2.75, 3.05) is 19.6 Å². The Morgan fingerprint density at radius 1 is 1.25 bits per heavy atom. The Morgan fingerprint density at radius 2 is 1.90 bits per heavy atom. The van der Waals surface area contributed by atoms with Gasteiger partial charge in [-0.05, 0) is 37.8 Å². The number of halogens is 2. The van der Waals surface area contributed by atoms with Crippen molar-refractivity contribution in [3.8, 4) is 0 Å². The Labute approximate surface area is 117 Å². The highest BCUT2D eigenvalue weighted by molar-refractivity contribution is 5.95. The average Bonchev–Trinajstić information content (AvgIpc) is 2.90. The van der Waals surface area contributed by atoms with Gasteiger partial charge in [-0.1, -0.05) is 0 Å². The summed E-state index contributed by atoms with van der Waals surface area (Å²) in [6, 6.07) is 2.99. The molecule has 0 aliphatic carbocycles. The van der Waals surface area contributed by atoms with E-state index in [-0.39, 0.29) is 17.0 Å². The summed E-state index contributed by atoms with van der Waals surface area (Å²) in [5, 5.41) is 3.34. The summed E-state index contributed by atoms with van der Waals surface area (Å²) < 4.78 is 26.6. The van der Waals surface area contributed by atoms with Gasteiger partial charge >= 0.3 is 0 Å². The van der Waals surface area contributed by atoms with Crippen molar-refractivity contribution in [3.63, 3.8) is 0 Å². The van der Waals surface area contributed by atoms with Gasteiger partial charge in [-0.25, -0.2) is 8.78 Å². The molecule has 0 radical (unpaired) electrons. The number of carbonyl (C=O) groups excluding carboxylic acids is 1. The molecule has 0 saturated carbocycles. The molecule has 1 aromatic rings. The molecule has 2 saturated heterocycles. The first-order valence-corrected chi connectivity index (χ1v) is 6.88. The lowest BCUT2D eigenvalue weighted by molar-refractivity contribution is 0.0602. The summed E-state index contributed by atoms with van der Waals surface area (Å²) in [6.45, 7) is 6.48. The molecule has 1 N–H and O–H groups in total. The number of hydrogen-bond donors (Lipinski definition) is 1. The summed E-state index contributed by atoms with van der Waals surface area (Å²) in [6.07, 6.45) is 0. The van der Waals surface area contributed by atoms with Crippen LogP contribution in [0.2, 0.25) is 0 Å². The highest BCUT2D eigenvalue weighted by Crippen LogP contribution is 2.41. The van der Waals surface area contributed by atoms with E-state index in [9.17, 15) is 13.6 Å². The Morgan fingerprint density at radius 3 is 2.50 bits per heavy atom. The van der Waals surface area contributed by atoms with Crippen molar-refractivity contribution in [3.05, 3.63) is 35.4 Å². The van der Waals surface area contributed by atoms with Gasteiger partial charge in [-0.15, -0.1) is 0 Å². The number of fused-ring (bicyclic) bond motifs is 1. The third kappa shape index (κ3) is 2.00. The van der Waals surface area contributed by atoms with E-state index in [2.05, 4.69) is 5.32 Å². The molecular weight excluding hydrogens is 262 g/mol. The molecule has 0 aromatic heterocycles. The maximum Gasteiger partial charge on any atom is 0.254 e. The van der Waals surface area contributed by atoms with Crippen LogP contribution in [0.3, 0.4) is 0 Å². The predicted molar refractivity (Wildman–Crippen MR) is 71.3 cm³/mol. The average molecular weight is 280 g/mol. The van der Waals surface area contributed by atoms with Crippen LogP contribution in [0.1, 0.15) is 24.2 Å². The minimum atomic E-state index is -0.716. The second-order valence-corrected chi connectivity index (χ2v) is 6.25. The first-order valence-electron chi connectivity index (χ1n) is 6.88. The molecule has 2 unspecified atom stereocenters. The maximum absolute atomic E-state index is 13.3. The van der Waals surface area contributed by atoms with Crippen LogP contribution in [0.4, 0.5) is 8.78 Å². The molecule has 1 aromatic carbocycles. The van der Waals surface area contributed by atoms with E-state index < -0.39 is 11.6 Å². The van der Waals surface area contributed by atoms with Crippen molar-refractivity contribution in [2.45, 2.75) is 19.4 Å². The molecule has 5 heteroatoms. The molecule has 3 nitrogen and oxygen atoms in total. The lowest BCUT2D eigenvalue weighted by Crippen LogP contribution is -2.47. The molecule has 2 aliphatic rings. The van der Waals surface area contributed by atoms with Gasteiger partial charge in [0.15, 0.2) is 0 Å². The van der Waals surface area contributed by atoms with Crippen LogP contribution in [-0.2, 0) is 0 Å². The predicted octanol–water partition coefficient (Wildman–Crippen LogP) is 2.03. The van der Waals surface area contributed by atoms with Crippen molar-refractivity contribution in [1.29, 1.82) is 0 Å². The van der Waals surface area contributed by atoms with Crippen molar-refractivity contribution in [2.24, 2.45) is 11.8 Å². The minimum Gasteiger partial charge on any atom is -0.333 e. The first-order chi connectivity index (χ1) is 9.39. The fourth-order valence-electron chi connectivity index (χ4n) is 3.60. The van der Waals surface area contributed by atoms with E-state index in [0.717, 1.165) is 31.3 Å². The lowest BCUT2D eigenvalue weighted by Gasteiger charge is -2.35. The Hall–Kier alpha value is -1.49. The molecule has 0 bridgehead atoms. The number of likely N-dealkylation sites (tertiary alicyclic amines) is 1. The lowest BCUT2D eigenvalue weighted by atomic mass is 9.84. The van der Waals surface area contributed by atoms with Crippen LogP contribution in [0.15, 0.2) is 18.2 Å². The van der Waals surface area contributed by atoms with Gasteiger partial charge in [0.25, 0.3) is 5.91 Å². The van der Waals surface area contributed by atoms with Crippen LogP contribution in [-0.4, -0.2) is 36.0 Å². The van der Waals surface area contributed by atoms with E-state index in [1.54, 1.807) is 4.90 Å². The highest BCUT2D eigenvalue weighted by Gasteiger charge is 2.51. The fourth-order valence-corrected chi connectivity index (χ4v) is 3.60. The van der Waals surface area contributed by atoms with Crippen molar-refractivity contribution >= 4 is 5.91 Å². The second-order valence-electron chi connectivity index (χ2n) is 6.25. The molecule has 108 valence electrons. The van der Waals surface area contributed by atoms with Crippen molar-refractivity contribution in [1.82, 2.24) is 10.2 Å². The molecule has 1 amide bonds. The zero-order valence-electron chi connectivity index (χ0n) is 11.6. The van der Waals surface area contributed by atoms with Gasteiger partial charge in [0.05, 0.1) is 0 Å². The molecule has 3 rings (SSSR count). The Balaban J connectivity index is 1.91. The second kappa shape index (κ2) is 4.52. The topological polar surface area (TPSA) is 32.3 Å². The number of nitrogens with zero attached hydrogens (tertiary/aromatic N) is 1. The van der Waals surface area contributed by atoms with Crippen LogP contribution in [0.5, 0.6) is 0 Å². The zero-order valence-corrected chi connectivity index (χ0v) is 11.6. The number of rotatable bonds is 1. The third-order valence-corrected chi connectivity index (χ3v) is 4.71. The largest absolute Gasteiger partial charge is 0.333 e. The normalized spacial score (nSPS) is 27.7. The van der Waals surface area contributed by atoms with E-state index in [4.69, 9.17) is 0 Å². The number of benzene rings is 1. The standard InChI is InChI=1S/C15H18F2N2O/c1-15(2)13-7-18-6-10(13)8-19(15)14(20)9-3-11(16)5-12(17)4-9/h3-5,10,13,18H,6-8H2,1-2H3. The van der Waals surface area contributed by atoms with Crippen LogP contribution in [0.25, 0.3) is 0 Å². The molecule has 2 heterocycles. The minimum absolute atomic E-state index is 0.0866. The number of amides is 1. The SMILES string of the molecule is CC1(C)C2CNCC2CN1C(=O)c1cc(F)cc(F)c1. The van der Waals surface area contributed by atoms with Crippen LogP contribution in [0, 0.1) is 23.5 Å². The quantitative estimate of drug-likeness (QED) is 0.853. The molecule has 0 spiro atoms. The van der Waals surface area contributed by atoms with E-state index in [0.29, 0.717) is 18.4 Å². The summed E-state index contributed by atoms with van der Waals surface area (Å²) in [4.78, 5) is 14.3. The van der Waals surface area contributed by atoms with Gasteiger partial charge in [0, 0.05) is 36.8 Å². The van der Waals surface area contributed by atoms with Crippen molar-refractivity contribution < 1.29 is 13.6 Å². The van der Waals surface area contributed by atoms with Gasteiger partial charge in [0.2, 0.25) is 0 Å². The highest BCUT2D eigenvalue weighted by atomic mass is 19.1. The molecule has 2 fully saturated rings. The summed E-state index contributed by atoms with van der Waals surface area (Å²) in [7, 11) is 0. The van der Waals surface area contributed by atoms with Gasteiger partial charge in [-0.2, -0.15) is 0 Å². The smallest absolute Gasteiger partial charge is 0.254 e. The number of carbonyl (C=O) groups is 1. The van der Waals surface area contributed by atoms with E-state index in [1.165, 1.54) is 0 Å². The third-order valence-electron chi connectivity index (χ3n) is 4.71. The van der Waals surface area contributed by atoms with Gasteiger partial charge in [-0.3, -0.25) is 4.79 Å². The van der Waals surface area contributed by atoms with Gasteiger partial charge in [0.1, 0.15) is 11.6 Å². The summed E-state index contributed by atoms with van der Waals surface area (Å²) in [5.41, 5.74) is -0.211. The Kier molecular flexibility index (Phi) is 3.05. The molecule has 2 aliphatic heterocycles. The Bertz CT molecular complexity index is 539. The zero-order chi connectivity index (χ0) is 14.5. The van der Waals surface area contributed by atoms with Gasteiger partial charge < -0.3 is 10.2 Å². The maximum atomic E-state index is 13.3. The molecule has 2 atom stereocenters. The van der Waals surface area contributed by atoms with E-state index in [1.807, 2.05) is 13.8 Å². The van der Waals surface area contributed by atoms with Crippen LogP contribution < -0.4 is 5.32 Å². The fraction of sp³-hybridized carbons (Fsp3) is 0.533. The first kappa shape index (κ1) is 13.5. The summed E-state index contributed by atoms with van der Waals surface area (Å²) >= 11 is 0. The molecule has 20 heavy (non-hydrogen) atoms. The number of nitrogens with one attached hydrogen (secondary N) is 1. The van der Waals surface area contributed by atoms with E-state index >= 15 is 0 Å². The number of hydrogen-bond acceptors (Lipinski definition) is 2. The monoisotopic (exact) mass is 280 g/mol. The summed E-state index contributed by atoms with van der Waals surface area (Å²) in [5.74, 6) is -0.903. The molecular formula is C15H18F2N2O.